The van der Waals surface area contributed by atoms with Crippen LogP contribution in [-0.4, -0.2) is 59.9 Å². The molecule has 1 aromatic rings. The minimum absolute atomic E-state index is 0.00169. The van der Waals surface area contributed by atoms with Gasteiger partial charge in [-0.3, -0.25) is 4.79 Å². The van der Waals surface area contributed by atoms with Crippen molar-refractivity contribution in [2.24, 2.45) is 0 Å². The number of hydrogen-bond acceptors (Lipinski definition) is 4. The summed E-state index contributed by atoms with van der Waals surface area (Å²) in [5.41, 5.74) is 1.18. The first kappa shape index (κ1) is 16.2. The van der Waals surface area contributed by atoms with Crippen LogP contribution in [0.2, 0.25) is 0 Å². The van der Waals surface area contributed by atoms with Crippen molar-refractivity contribution in [2.75, 3.05) is 27.2 Å². The van der Waals surface area contributed by atoms with Gasteiger partial charge in [0.05, 0.1) is 10.7 Å². The Labute approximate surface area is 140 Å². The van der Waals surface area contributed by atoms with Gasteiger partial charge in [-0.05, 0) is 32.6 Å². The normalized spacial score (nSPS) is 23.8. The van der Waals surface area contributed by atoms with Gasteiger partial charge in [-0.2, -0.15) is 0 Å². The summed E-state index contributed by atoms with van der Waals surface area (Å²) in [6.45, 7) is 3.40. The van der Waals surface area contributed by atoms with Gasteiger partial charge in [-0.15, -0.1) is 11.3 Å². The van der Waals surface area contributed by atoms with E-state index >= 15 is 0 Å². The number of fused-ring (bicyclic) bond motifs is 1. The third kappa shape index (κ3) is 3.34. The summed E-state index contributed by atoms with van der Waals surface area (Å²) in [5.74, 6) is 0.309. The molecule has 1 fully saturated rings. The van der Waals surface area contributed by atoms with Gasteiger partial charge in [0.15, 0.2) is 0 Å². The second kappa shape index (κ2) is 6.47. The molecule has 23 heavy (non-hydrogen) atoms. The van der Waals surface area contributed by atoms with Crippen LogP contribution >= 0.6 is 11.3 Å². The molecule has 1 aliphatic carbocycles. The fourth-order valence-electron chi connectivity index (χ4n) is 3.44. The minimum atomic E-state index is -0.376. The lowest BCUT2D eigenvalue weighted by atomic mass is 9.90. The quantitative estimate of drug-likeness (QED) is 0.914. The van der Waals surface area contributed by atoms with E-state index < -0.39 is 0 Å². The maximum absolute atomic E-state index is 12.4. The zero-order valence-corrected chi connectivity index (χ0v) is 14.8. The smallest absolute Gasteiger partial charge is 0.317 e. The van der Waals surface area contributed by atoms with Crippen molar-refractivity contribution in [3.05, 3.63) is 15.6 Å². The molecule has 6 nitrogen and oxygen atoms in total. The molecule has 3 rings (SSSR count). The highest BCUT2D eigenvalue weighted by Gasteiger charge is 2.32. The Morgan fingerprint density at radius 2 is 2.26 bits per heavy atom. The van der Waals surface area contributed by atoms with Crippen molar-refractivity contribution in [1.82, 2.24) is 20.1 Å². The average Bonchev–Trinajstić information content (AvgIpc) is 3.04. The Bertz CT molecular complexity index is 615. The highest BCUT2D eigenvalue weighted by atomic mass is 32.1. The molecule has 126 valence electrons. The van der Waals surface area contributed by atoms with Gasteiger partial charge < -0.3 is 15.1 Å². The topological polar surface area (TPSA) is 65.5 Å². The number of aromatic nitrogens is 1. The van der Waals surface area contributed by atoms with E-state index in [1.54, 1.807) is 35.2 Å². The van der Waals surface area contributed by atoms with Crippen molar-refractivity contribution < 1.29 is 9.59 Å². The van der Waals surface area contributed by atoms with Crippen LogP contribution < -0.4 is 5.32 Å². The number of likely N-dealkylation sites (N-methyl/N-ethyl adjacent to an activating group) is 2. The molecule has 1 aromatic heterocycles. The second-order valence-electron chi connectivity index (χ2n) is 6.56. The number of thiazole rings is 1. The molecular weight excluding hydrogens is 312 g/mol. The third-order valence-corrected chi connectivity index (χ3v) is 5.79. The maximum atomic E-state index is 12.4. The van der Waals surface area contributed by atoms with Crippen LogP contribution in [0.25, 0.3) is 0 Å². The van der Waals surface area contributed by atoms with E-state index in [0.29, 0.717) is 25.4 Å². The molecule has 3 amide bonds. The Morgan fingerprint density at radius 1 is 1.48 bits per heavy atom. The molecule has 1 saturated heterocycles. The molecule has 1 N–H and O–H groups in total. The summed E-state index contributed by atoms with van der Waals surface area (Å²) in [5, 5.41) is 3.96. The van der Waals surface area contributed by atoms with Crippen molar-refractivity contribution in [3.8, 4) is 0 Å². The standard InChI is InChI=1S/C16H24N4O2S/c1-10-17-14-11(5-4-6-13(14)23-10)9-20(3)16(22)18-12-7-8-19(2)15(12)21/h11-12H,4-9H2,1-3H3,(H,18,22)/t11-,12-/m1/s1. The van der Waals surface area contributed by atoms with E-state index in [1.165, 1.54) is 10.6 Å². The first-order valence-electron chi connectivity index (χ1n) is 8.18. The average molecular weight is 336 g/mol. The van der Waals surface area contributed by atoms with E-state index in [2.05, 4.69) is 10.3 Å². The number of nitrogens with one attached hydrogen (secondary N) is 1. The molecule has 2 atom stereocenters. The lowest BCUT2D eigenvalue weighted by Crippen LogP contribution is -2.47. The van der Waals surface area contributed by atoms with Crippen LogP contribution in [-0.2, 0) is 11.2 Å². The Morgan fingerprint density at radius 3 is 2.96 bits per heavy atom. The van der Waals surface area contributed by atoms with Crippen molar-refractivity contribution in [1.29, 1.82) is 0 Å². The van der Waals surface area contributed by atoms with E-state index in [0.717, 1.165) is 24.3 Å². The summed E-state index contributed by atoms with van der Waals surface area (Å²) in [6.07, 6.45) is 4.02. The van der Waals surface area contributed by atoms with Gasteiger partial charge >= 0.3 is 6.03 Å². The van der Waals surface area contributed by atoms with Crippen LogP contribution in [0.1, 0.15) is 40.8 Å². The molecule has 0 aromatic carbocycles. The number of aryl methyl sites for hydroxylation is 2. The van der Waals surface area contributed by atoms with E-state index in [-0.39, 0.29) is 18.0 Å². The number of hydrogen-bond donors (Lipinski definition) is 1. The molecule has 2 heterocycles. The predicted octanol–water partition coefficient (Wildman–Crippen LogP) is 1.74. The van der Waals surface area contributed by atoms with Crippen LogP contribution in [0.15, 0.2) is 0 Å². The SMILES string of the molecule is Cc1nc2c(s1)CCC[C@@H]2CN(C)C(=O)N[C@@H]1CCN(C)C1=O. The molecule has 1 aliphatic heterocycles. The predicted molar refractivity (Wildman–Crippen MR) is 89.7 cm³/mol. The second-order valence-corrected chi connectivity index (χ2v) is 7.85. The lowest BCUT2D eigenvalue weighted by Gasteiger charge is -2.27. The summed E-state index contributed by atoms with van der Waals surface area (Å²) in [6, 6.07) is -0.545. The Kier molecular flexibility index (Phi) is 4.57. The van der Waals surface area contributed by atoms with Crippen LogP contribution in [0.3, 0.4) is 0 Å². The number of rotatable bonds is 3. The minimum Gasteiger partial charge on any atom is -0.344 e. The summed E-state index contributed by atoms with van der Waals surface area (Å²) >= 11 is 1.78. The van der Waals surface area contributed by atoms with E-state index in [9.17, 15) is 9.59 Å². The lowest BCUT2D eigenvalue weighted by molar-refractivity contribution is -0.128. The number of nitrogens with zero attached hydrogens (tertiary/aromatic N) is 3. The number of carbonyl (C=O) groups excluding carboxylic acids is 2. The zero-order valence-electron chi connectivity index (χ0n) is 14.0. The van der Waals surface area contributed by atoms with Gasteiger partial charge in [-0.25, -0.2) is 9.78 Å². The fraction of sp³-hybridized carbons (Fsp3) is 0.688. The molecule has 0 saturated carbocycles. The number of urea groups is 1. The Hall–Kier alpha value is -1.63. The molecule has 0 unspecified atom stereocenters. The first-order valence-corrected chi connectivity index (χ1v) is 9.00. The fourth-order valence-corrected chi connectivity index (χ4v) is 4.50. The molecule has 0 spiro atoms. The number of carbonyl (C=O) groups is 2. The number of likely N-dealkylation sites (tertiary alicyclic amines) is 1. The van der Waals surface area contributed by atoms with Crippen molar-refractivity contribution in [2.45, 2.75) is 44.6 Å². The summed E-state index contributed by atoms with van der Waals surface area (Å²) in [7, 11) is 3.57. The van der Waals surface area contributed by atoms with Crippen LogP contribution in [0.5, 0.6) is 0 Å². The third-order valence-electron chi connectivity index (χ3n) is 4.74. The monoisotopic (exact) mass is 336 g/mol. The van der Waals surface area contributed by atoms with E-state index in [4.69, 9.17) is 0 Å². The summed E-state index contributed by atoms with van der Waals surface area (Å²) in [4.78, 5) is 33.7. The van der Waals surface area contributed by atoms with Gasteiger partial charge in [0.2, 0.25) is 5.91 Å². The zero-order chi connectivity index (χ0) is 16.6. The van der Waals surface area contributed by atoms with Crippen LogP contribution in [0.4, 0.5) is 4.79 Å². The van der Waals surface area contributed by atoms with E-state index in [1.807, 2.05) is 6.92 Å². The highest BCUT2D eigenvalue weighted by Crippen LogP contribution is 2.34. The van der Waals surface area contributed by atoms with Gasteiger partial charge in [0.25, 0.3) is 0 Å². The molecule has 0 radical (unpaired) electrons. The molecule has 7 heteroatoms. The largest absolute Gasteiger partial charge is 0.344 e. The molecule has 0 bridgehead atoms. The van der Waals surface area contributed by atoms with Gasteiger partial charge in [0, 0.05) is 38.0 Å². The maximum Gasteiger partial charge on any atom is 0.317 e. The van der Waals surface area contributed by atoms with Crippen molar-refractivity contribution in [3.63, 3.8) is 0 Å². The van der Waals surface area contributed by atoms with Crippen molar-refractivity contribution >= 4 is 23.3 Å². The van der Waals surface area contributed by atoms with Gasteiger partial charge in [0.1, 0.15) is 6.04 Å². The Balaban J connectivity index is 1.60. The summed E-state index contributed by atoms with van der Waals surface area (Å²) < 4.78 is 0. The number of amides is 3. The molecular formula is C16H24N4O2S. The van der Waals surface area contributed by atoms with Crippen LogP contribution in [0, 0.1) is 6.92 Å². The van der Waals surface area contributed by atoms with Gasteiger partial charge in [-0.1, -0.05) is 0 Å². The molecule has 2 aliphatic rings. The highest BCUT2D eigenvalue weighted by molar-refractivity contribution is 7.11. The first-order chi connectivity index (χ1) is 11.0.